The average molecular weight is 1000 g/mol. The standard InChI is InChI=1S/C48H78N10O13/c1-11-28(10)40(47(69)55-34(22-37(61)62)45(67)58-39(27(8)9)48(70)71)56-36(60)23-51-42(64)33(21-29-15-13-12-14-16-29)54-46(68)38(26(6)7)57-44(66)32(20-25(4)5)53-43(65)31(17-18-35(50)59)52-41(63)30(49)19-24(2)3/h12-16,24-28,30-34,38-40H,11,17-23,49H2,1-10H3,(H2,50,59)(H,51,64)(H,52,63)(H,53,65)(H,54,68)(H,55,69)(H,56,60)(H,57,66)(H,58,67)(H,61,62)(H,70,71)/t28-,30-,31-,32-,33-,34-,38-,39-,40-/m0/s1. The van der Waals surface area contributed by atoms with E-state index in [0.717, 1.165) is 0 Å². The number of carboxylic acid groups (broad SMARTS) is 2. The van der Waals surface area contributed by atoms with E-state index in [-0.39, 0.29) is 37.5 Å². The highest BCUT2D eigenvalue weighted by Gasteiger charge is 2.36. The van der Waals surface area contributed by atoms with Crippen molar-refractivity contribution < 1.29 is 63.0 Å². The van der Waals surface area contributed by atoms with Gasteiger partial charge in [0.15, 0.2) is 0 Å². The van der Waals surface area contributed by atoms with Crippen molar-refractivity contribution in [1.82, 2.24) is 42.5 Å². The molecule has 0 aromatic heterocycles. The lowest BCUT2D eigenvalue weighted by atomic mass is 9.97. The van der Waals surface area contributed by atoms with Gasteiger partial charge in [-0.05, 0) is 54.4 Å². The van der Waals surface area contributed by atoms with E-state index in [9.17, 15) is 63.0 Å². The molecule has 1 aromatic carbocycles. The molecule has 0 heterocycles. The molecule has 1 rings (SSSR count). The first kappa shape index (κ1) is 62.4. The van der Waals surface area contributed by atoms with E-state index < -0.39 is 144 Å². The van der Waals surface area contributed by atoms with Crippen molar-refractivity contribution in [2.24, 2.45) is 41.1 Å². The molecule has 1 aromatic rings. The van der Waals surface area contributed by atoms with E-state index in [0.29, 0.717) is 18.4 Å². The zero-order chi connectivity index (χ0) is 54.3. The molecule has 398 valence electrons. The molecule has 9 amide bonds. The van der Waals surface area contributed by atoms with Crippen LogP contribution in [0.5, 0.6) is 0 Å². The number of hydrogen-bond donors (Lipinski definition) is 12. The summed E-state index contributed by atoms with van der Waals surface area (Å²) < 4.78 is 0. The van der Waals surface area contributed by atoms with Gasteiger partial charge >= 0.3 is 11.9 Å². The molecule has 0 fully saturated rings. The summed E-state index contributed by atoms with van der Waals surface area (Å²) in [5, 5.41) is 39.1. The van der Waals surface area contributed by atoms with E-state index in [1.165, 1.54) is 13.8 Å². The Hall–Kier alpha value is -6.65. The summed E-state index contributed by atoms with van der Waals surface area (Å²) in [6.45, 7) is 16.3. The highest BCUT2D eigenvalue weighted by molar-refractivity contribution is 5.98. The Morgan fingerprint density at radius 2 is 1.04 bits per heavy atom. The van der Waals surface area contributed by atoms with Crippen molar-refractivity contribution in [2.45, 2.75) is 163 Å². The Labute approximate surface area is 415 Å². The van der Waals surface area contributed by atoms with Gasteiger partial charge in [-0.2, -0.15) is 0 Å². The van der Waals surface area contributed by atoms with Gasteiger partial charge in [0.05, 0.1) is 19.0 Å². The first-order valence-corrected chi connectivity index (χ1v) is 24.0. The van der Waals surface area contributed by atoms with Crippen LogP contribution in [0.25, 0.3) is 0 Å². The highest BCUT2D eigenvalue weighted by Crippen LogP contribution is 2.13. The number of nitrogens with one attached hydrogen (secondary N) is 8. The number of carboxylic acids is 2. The van der Waals surface area contributed by atoms with Gasteiger partial charge in [0, 0.05) is 12.8 Å². The van der Waals surface area contributed by atoms with Crippen LogP contribution < -0.4 is 54.0 Å². The van der Waals surface area contributed by atoms with E-state index in [1.54, 1.807) is 71.9 Å². The summed E-state index contributed by atoms with van der Waals surface area (Å²) in [6, 6.07) is -1.94. The molecule has 0 saturated carbocycles. The number of carbonyl (C=O) groups is 11. The number of benzene rings is 1. The van der Waals surface area contributed by atoms with E-state index >= 15 is 0 Å². The monoisotopic (exact) mass is 1000 g/mol. The molecule has 9 atom stereocenters. The zero-order valence-electron chi connectivity index (χ0n) is 42.6. The number of amides is 9. The minimum atomic E-state index is -1.71. The molecule has 0 aliphatic rings. The van der Waals surface area contributed by atoms with Gasteiger partial charge < -0.3 is 64.2 Å². The summed E-state index contributed by atoms with van der Waals surface area (Å²) >= 11 is 0. The molecule has 0 aliphatic carbocycles. The van der Waals surface area contributed by atoms with Crippen molar-refractivity contribution in [3.8, 4) is 0 Å². The molecule has 71 heavy (non-hydrogen) atoms. The fraction of sp³-hybridized carbons (Fsp3) is 0.646. The zero-order valence-corrected chi connectivity index (χ0v) is 42.6. The third-order valence-electron chi connectivity index (χ3n) is 11.4. The van der Waals surface area contributed by atoms with E-state index in [1.807, 2.05) is 13.8 Å². The maximum Gasteiger partial charge on any atom is 0.326 e. The molecule has 0 bridgehead atoms. The number of rotatable bonds is 32. The Morgan fingerprint density at radius 1 is 0.549 bits per heavy atom. The van der Waals surface area contributed by atoms with Gasteiger partial charge in [0.1, 0.15) is 42.3 Å². The normalized spacial score (nSPS) is 15.1. The van der Waals surface area contributed by atoms with Crippen LogP contribution in [0.3, 0.4) is 0 Å². The van der Waals surface area contributed by atoms with Gasteiger partial charge in [-0.3, -0.25) is 47.9 Å². The predicted molar refractivity (Wildman–Crippen MR) is 261 cm³/mol. The minimum absolute atomic E-state index is 0.0651. The third-order valence-corrected chi connectivity index (χ3v) is 11.4. The van der Waals surface area contributed by atoms with E-state index in [2.05, 4.69) is 42.5 Å². The van der Waals surface area contributed by atoms with Crippen LogP contribution in [0.4, 0.5) is 0 Å². The lowest BCUT2D eigenvalue weighted by Crippen LogP contribution is -2.60. The maximum atomic E-state index is 14.1. The van der Waals surface area contributed by atoms with Crippen molar-refractivity contribution in [2.75, 3.05) is 6.54 Å². The van der Waals surface area contributed by atoms with Gasteiger partial charge in [0.2, 0.25) is 53.2 Å². The Morgan fingerprint density at radius 3 is 1.55 bits per heavy atom. The molecular formula is C48H78N10O13. The number of nitrogens with two attached hydrogens (primary N) is 2. The molecule has 0 radical (unpaired) electrons. The Bertz CT molecular complexity index is 2000. The molecular weight excluding hydrogens is 925 g/mol. The fourth-order valence-electron chi connectivity index (χ4n) is 7.16. The third kappa shape index (κ3) is 23.2. The molecule has 23 heteroatoms. The van der Waals surface area contributed by atoms with Gasteiger partial charge in [-0.1, -0.05) is 106 Å². The molecule has 0 spiro atoms. The lowest BCUT2D eigenvalue weighted by Gasteiger charge is -2.29. The maximum absolute atomic E-state index is 14.1. The van der Waals surface area contributed by atoms with Gasteiger partial charge in [0.25, 0.3) is 0 Å². The lowest BCUT2D eigenvalue weighted by molar-refractivity contribution is -0.144. The van der Waals surface area contributed by atoms with Crippen LogP contribution in [0, 0.1) is 29.6 Å². The minimum Gasteiger partial charge on any atom is -0.481 e. The van der Waals surface area contributed by atoms with Crippen molar-refractivity contribution in [3.63, 3.8) is 0 Å². The van der Waals surface area contributed by atoms with Crippen LogP contribution in [0.1, 0.15) is 113 Å². The average Bonchev–Trinajstić information content (AvgIpc) is 3.27. The van der Waals surface area contributed by atoms with Gasteiger partial charge in [-0.15, -0.1) is 0 Å². The van der Waals surface area contributed by atoms with Crippen LogP contribution >= 0.6 is 0 Å². The highest BCUT2D eigenvalue weighted by atomic mass is 16.4. The second-order valence-electron chi connectivity index (χ2n) is 19.4. The van der Waals surface area contributed by atoms with Crippen molar-refractivity contribution in [3.05, 3.63) is 35.9 Å². The first-order valence-electron chi connectivity index (χ1n) is 24.0. The second-order valence-corrected chi connectivity index (χ2v) is 19.4. The largest absolute Gasteiger partial charge is 0.481 e. The molecule has 0 saturated heterocycles. The number of hydrogen-bond acceptors (Lipinski definition) is 12. The summed E-state index contributed by atoms with van der Waals surface area (Å²) in [5.74, 6) is -12.1. The quantitative estimate of drug-likeness (QED) is 0.0427. The summed E-state index contributed by atoms with van der Waals surface area (Å²) in [7, 11) is 0. The fourth-order valence-corrected chi connectivity index (χ4v) is 7.16. The number of primary amides is 1. The number of aliphatic carboxylic acids is 2. The molecule has 0 aliphatic heterocycles. The van der Waals surface area contributed by atoms with Crippen LogP contribution in [0.2, 0.25) is 0 Å². The van der Waals surface area contributed by atoms with Crippen LogP contribution in [0.15, 0.2) is 30.3 Å². The van der Waals surface area contributed by atoms with Gasteiger partial charge in [-0.25, -0.2) is 4.79 Å². The Balaban J connectivity index is 3.35. The first-order chi connectivity index (χ1) is 33.1. The van der Waals surface area contributed by atoms with Crippen LogP contribution in [-0.2, 0) is 59.2 Å². The van der Waals surface area contributed by atoms with Crippen LogP contribution in [-0.4, -0.2) is 130 Å². The second kappa shape index (κ2) is 30.8. The SMILES string of the molecule is CC[C@H](C)[C@H](NC(=O)CNC(=O)[C@H](Cc1ccccc1)NC(=O)[C@@H](NC(=O)[C@H](CC(C)C)NC(=O)[C@H](CCC(N)=O)NC(=O)[C@@H](N)CC(C)C)C(C)C)C(=O)N[C@@H](CC(=O)O)C(=O)N[C@H](C(=O)O)C(C)C. The smallest absolute Gasteiger partial charge is 0.326 e. The topological polar surface area (TPSA) is 377 Å². The molecule has 14 N–H and O–H groups in total. The predicted octanol–water partition coefficient (Wildman–Crippen LogP) is -0.659. The summed E-state index contributed by atoms with van der Waals surface area (Å²) in [6.07, 6.45) is -0.686. The molecule has 0 unspecified atom stereocenters. The van der Waals surface area contributed by atoms with Crippen molar-refractivity contribution >= 4 is 65.1 Å². The summed E-state index contributed by atoms with van der Waals surface area (Å²) in [4.78, 5) is 144. The summed E-state index contributed by atoms with van der Waals surface area (Å²) in [5.41, 5.74) is 12.0. The molecule has 23 nitrogen and oxygen atoms in total. The van der Waals surface area contributed by atoms with Crippen molar-refractivity contribution in [1.29, 1.82) is 0 Å². The Kier molecular flexibility index (Phi) is 27.1. The van der Waals surface area contributed by atoms with E-state index in [4.69, 9.17) is 11.5 Å². The number of carbonyl (C=O) groups excluding carboxylic acids is 9.